The molecule has 0 aromatic carbocycles. The van der Waals surface area contributed by atoms with Gasteiger partial charge in [0.05, 0.1) is 26.4 Å². The van der Waals surface area contributed by atoms with Crippen molar-refractivity contribution < 1.29 is 80.2 Å². The van der Waals surface area contributed by atoms with Gasteiger partial charge in [0.1, 0.15) is 19.3 Å². The molecule has 17 nitrogen and oxygen atoms in total. The average molecular weight is 1630 g/mol. The molecule has 666 valence electrons. The lowest BCUT2D eigenvalue weighted by Gasteiger charge is -2.21. The summed E-state index contributed by atoms with van der Waals surface area (Å²) in [5, 5.41) is 10.7. The maximum Gasteiger partial charge on any atom is 0.472 e. The third kappa shape index (κ3) is 83.1. The lowest BCUT2D eigenvalue weighted by molar-refractivity contribution is -0.161. The molecule has 0 aliphatic carbocycles. The van der Waals surface area contributed by atoms with E-state index in [2.05, 4.69) is 48.5 Å². The van der Waals surface area contributed by atoms with Crippen LogP contribution in [0.3, 0.4) is 0 Å². The lowest BCUT2D eigenvalue weighted by Crippen LogP contribution is -2.30. The number of aliphatic hydroxyl groups excluding tert-OH is 1. The molecule has 19 heteroatoms. The van der Waals surface area contributed by atoms with Gasteiger partial charge in [0.2, 0.25) is 0 Å². The summed E-state index contributed by atoms with van der Waals surface area (Å²) in [5.74, 6) is 0.464. The molecule has 0 rings (SSSR count). The van der Waals surface area contributed by atoms with Crippen molar-refractivity contribution in [1.82, 2.24) is 0 Å². The fraction of sp³-hybridized carbons (Fsp3) is 0.957. The van der Waals surface area contributed by atoms with Crippen molar-refractivity contribution in [3.63, 3.8) is 0 Å². The highest BCUT2D eigenvalue weighted by molar-refractivity contribution is 7.47. The quantitative estimate of drug-likeness (QED) is 0.0222. The van der Waals surface area contributed by atoms with Crippen molar-refractivity contribution in [3.8, 4) is 0 Å². The van der Waals surface area contributed by atoms with Crippen LogP contribution in [0.4, 0.5) is 0 Å². The molecule has 0 fully saturated rings. The van der Waals surface area contributed by atoms with Crippen molar-refractivity contribution in [1.29, 1.82) is 0 Å². The van der Waals surface area contributed by atoms with Crippen molar-refractivity contribution in [3.05, 3.63) is 0 Å². The largest absolute Gasteiger partial charge is 0.472 e. The first-order chi connectivity index (χ1) is 54.3. The van der Waals surface area contributed by atoms with Crippen LogP contribution in [0, 0.1) is 17.8 Å². The van der Waals surface area contributed by atoms with Crippen LogP contribution >= 0.6 is 15.6 Å². The summed E-state index contributed by atoms with van der Waals surface area (Å²) in [4.78, 5) is 73.3. The third-order valence-corrected chi connectivity index (χ3v) is 24.5. The monoisotopic (exact) mass is 1630 g/mol. The van der Waals surface area contributed by atoms with E-state index in [1.54, 1.807) is 0 Å². The zero-order chi connectivity index (χ0) is 82.2. The van der Waals surface area contributed by atoms with Crippen molar-refractivity contribution in [2.75, 3.05) is 39.6 Å². The van der Waals surface area contributed by atoms with Gasteiger partial charge in [0.15, 0.2) is 12.2 Å². The Balaban J connectivity index is 5.14. The number of carbonyl (C=O) groups excluding carboxylic acids is 4. The minimum absolute atomic E-state index is 0.108. The van der Waals surface area contributed by atoms with E-state index in [4.69, 9.17) is 37.0 Å². The summed E-state index contributed by atoms with van der Waals surface area (Å²) in [6, 6.07) is 0. The van der Waals surface area contributed by atoms with E-state index in [0.29, 0.717) is 25.7 Å². The zero-order valence-electron chi connectivity index (χ0n) is 74.2. The number of hydrogen-bond donors (Lipinski definition) is 3. The van der Waals surface area contributed by atoms with E-state index in [-0.39, 0.29) is 25.7 Å². The second-order valence-corrected chi connectivity index (χ2v) is 37.3. The Labute approximate surface area is 689 Å². The topological polar surface area (TPSA) is 237 Å². The van der Waals surface area contributed by atoms with Crippen molar-refractivity contribution in [2.24, 2.45) is 17.8 Å². The number of hydrogen-bond acceptors (Lipinski definition) is 15. The second kappa shape index (κ2) is 82.7. The van der Waals surface area contributed by atoms with E-state index >= 15 is 0 Å². The summed E-state index contributed by atoms with van der Waals surface area (Å²) in [6.07, 6.45) is 76.7. The Morgan fingerprint density at radius 3 is 0.679 bits per heavy atom. The third-order valence-electron chi connectivity index (χ3n) is 22.6. The smallest absolute Gasteiger partial charge is 0.462 e. The van der Waals surface area contributed by atoms with Crippen molar-refractivity contribution >= 4 is 39.5 Å². The summed E-state index contributed by atoms with van der Waals surface area (Å²) in [6.45, 7) is 12.1. The second-order valence-electron chi connectivity index (χ2n) is 34.4. The molecular formula is C93H182O17P2. The van der Waals surface area contributed by atoms with Crippen LogP contribution in [0.5, 0.6) is 0 Å². The standard InChI is InChI=1S/C93H182O17P2/c1-8-11-12-13-50-60-67-74-90(95)103-80-88(109-92(97)76-69-62-55-48-42-36-30-24-17-14-20-26-32-38-44-51-57-64-71-84(4)5)82-107-111(99,100)105-78-87(94)79-106-112(101,102)108-83-89(110-93(98)77-70-63-56-49-43-37-31-25-19-16-22-28-34-40-46-53-59-66-73-86(7)10-3)81-104-91(96)75-68-61-54-47-41-35-29-23-18-15-21-27-33-39-45-52-58-65-72-85(6)9-2/h84-89,94H,8-83H2,1-7H3,(H,99,100)(H,101,102)/t85?,86?,87-,88+,89+/m0/s1. The van der Waals surface area contributed by atoms with E-state index in [0.717, 1.165) is 120 Å². The number of rotatable bonds is 91. The molecule has 4 unspecified atom stereocenters. The summed E-state index contributed by atoms with van der Waals surface area (Å²) >= 11 is 0. The van der Waals surface area contributed by atoms with Crippen LogP contribution in [-0.2, 0) is 65.4 Å². The number of carbonyl (C=O) groups is 4. The lowest BCUT2D eigenvalue weighted by atomic mass is 9.99. The Morgan fingerprint density at radius 1 is 0.259 bits per heavy atom. The van der Waals surface area contributed by atoms with Gasteiger partial charge in [-0.1, -0.05) is 447 Å². The molecule has 0 spiro atoms. The fourth-order valence-corrected chi connectivity index (χ4v) is 16.1. The van der Waals surface area contributed by atoms with Crippen LogP contribution < -0.4 is 0 Å². The predicted molar refractivity (Wildman–Crippen MR) is 465 cm³/mol. The van der Waals surface area contributed by atoms with Gasteiger partial charge < -0.3 is 33.8 Å². The highest BCUT2D eigenvalue weighted by Gasteiger charge is 2.31. The first kappa shape index (κ1) is 110. The zero-order valence-corrected chi connectivity index (χ0v) is 75.9. The highest BCUT2D eigenvalue weighted by Crippen LogP contribution is 2.45. The van der Waals surface area contributed by atoms with E-state index in [1.165, 1.54) is 295 Å². The van der Waals surface area contributed by atoms with Crippen LogP contribution in [0.1, 0.15) is 498 Å². The number of aliphatic hydroxyl groups is 1. The van der Waals surface area contributed by atoms with Gasteiger partial charge in [-0.3, -0.25) is 37.3 Å². The Bertz CT molecular complexity index is 2150. The van der Waals surface area contributed by atoms with Crippen LogP contribution in [0.15, 0.2) is 0 Å². The van der Waals surface area contributed by atoms with Gasteiger partial charge in [-0.25, -0.2) is 9.13 Å². The fourth-order valence-electron chi connectivity index (χ4n) is 14.5. The molecule has 0 saturated carbocycles. The molecule has 0 amide bonds. The molecule has 0 aliphatic heterocycles. The Kier molecular flexibility index (Phi) is 81.3. The molecule has 112 heavy (non-hydrogen) atoms. The summed E-state index contributed by atoms with van der Waals surface area (Å²) in [7, 11) is -9.93. The SMILES string of the molecule is CCCCCCCCCC(=O)OC[C@H](COP(=O)(O)OC[C@H](O)COP(=O)(O)OC[C@@H](COC(=O)CCCCCCCCCCCCCCCCCCCCC(C)CC)OC(=O)CCCCCCCCCCCCCCCCCCCCC(C)CC)OC(=O)CCCCCCCCCCCCCCCCCCCCC(C)C. The van der Waals surface area contributed by atoms with E-state index in [1.807, 2.05) is 0 Å². The molecule has 3 N–H and O–H groups in total. The Morgan fingerprint density at radius 2 is 0.455 bits per heavy atom. The highest BCUT2D eigenvalue weighted by atomic mass is 31.2. The number of unbranched alkanes of at least 4 members (excludes halogenated alkanes) is 57. The van der Waals surface area contributed by atoms with Gasteiger partial charge in [-0.05, 0) is 43.4 Å². The number of esters is 4. The average Bonchev–Trinajstić information content (AvgIpc) is 0.898. The van der Waals surface area contributed by atoms with Gasteiger partial charge in [0, 0.05) is 25.7 Å². The molecule has 0 saturated heterocycles. The summed E-state index contributed by atoms with van der Waals surface area (Å²) in [5.41, 5.74) is 0. The van der Waals surface area contributed by atoms with E-state index < -0.39 is 97.5 Å². The number of ether oxygens (including phenoxy) is 4. The van der Waals surface area contributed by atoms with Gasteiger partial charge in [-0.2, -0.15) is 0 Å². The molecule has 7 atom stereocenters. The molecule has 0 aromatic heterocycles. The Hall–Kier alpha value is -1.94. The number of phosphoric acid groups is 2. The first-order valence-electron chi connectivity index (χ1n) is 47.9. The van der Waals surface area contributed by atoms with Gasteiger partial charge >= 0.3 is 39.5 Å². The maximum absolute atomic E-state index is 13.2. The molecule has 0 aromatic rings. The molecule has 0 radical (unpaired) electrons. The predicted octanol–water partition coefficient (Wildman–Crippen LogP) is 28.8. The normalized spacial score (nSPS) is 14.2. The molecule has 0 heterocycles. The van der Waals surface area contributed by atoms with E-state index in [9.17, 15) is 43.2 Å². The summed E-state index contributed by atoms with van der Waals surface area (Å²) < 4.78 is 69.0. The van der Waals surface area contributed by atoms with Crippen LogP contribution in [-0.4, -0.2) is 96.7 Å². The molecule has 0 aliphatic rings. The van der Waals surface area contributed by atoms with Crippen molar-refractivity contribution in [2.45, 2.75) is 516 Å². The first-order valence-corrected chi connectivity index (χ1v) is 50.9. The minimum Gasteiger partial charge on any atom is -0.462 e. The number of phosphoric ester groups is 2. The van der Waals surface area contributed by atoms with Gasteiger partial charge in [0.25, 0.3) is 0 Å². The molecule has 0 bridgehead atoms. The van der Waals surface area contributed by atoms with Crippen LogP contribution in [0.25, 0.3) is 0 Å². The van der Waals surface area contributed by atoms with Gasteiger partial charge in [-0.15, -0.1) is 0 Å². The van der Waals surface area contributed by atoms with Crippen LogP contribution in [0.2, 0.25) is 0 Å². The maximum atomic E-state index is 13.2. The molecular weight excluding hydrogens is 1450 g/mol. The minimum atomic E-state index is -4.97.